The highest BCUT2D eigenvalue weighted by Gasteiger charge is 2.19. The molecule has 128 valence electrons. The number of ether oxygens (including phenoxy) is 2. The molecular formula is C18H22N2O4. The number of nitrogens with zero attached hydrogens (tertiary/aromatic N) is 1. The lowest BCUT2D eigenvalue weighted by Crippen LogP contribution is -2.24. The third-order valence-corrected chi connectivity index (χ3v) is 3.07. The number of carbonyl (C=O) groups excluding carboxylic acids is 2. The molecule has 0 saturated heterocycles. The van der Waals surface area contributed by atoms with Gasteiger partial charge in [-0.2, -0.15) is 0 Å². The molecule has 0 aliphatic rings. The molecule has 1 N–H and O–H groups in total. The molecule has 0 unspecified atom stereocenters. The van der Waals surface area contributed by atoms with Crippen LogP contribution in [0.25, 0.3) is 10.9 Å². The molecule has 1 heterocycles. The SMILES string of the molecule is CCOC(=O)CNc1cccc2nc(C(=O)OC(C)(C)C)ccc12. The lowest BCUT2D eigenvalue weighted by molar-refractivity contribution is -0.140. The molecule has 2 rings (SSSR count). The summed E-state index contributed by atoms with van der Waals surface area (Å²) < 4.78 is 10.2. The zero-order valence-electron chi connectivity index (χ0n) is 14.4. The van der Waals surface area contributed by atoms with Crippen molar-refractivity contribution in [2.75, 3.05) is 18.5 Å². The Morgan fingerprint density at radius 2 is 1.92 bits per heavy atom. The molecule has 1 aromatic carbocycles. The van der Waals surface area contributed by atoms with Crippen LogP contribution in [0.3, 0.4) is 0 Å². The summed E-state index contributed by atoms with van der Waals surface area (Å²) in [4.78, 5) is 27.9. The first kappa shape index (κ1) is 17.7. The molecule has 0 radical (unpaired) electrons. The fourth-order valence-electron chi connectivity index (χ4n) is 2.13. The number of rotatable bonds is 5. The number of anilines is 1. The first-order chi connectivity index (χ1) is 11.3. The highest BCUT2D eigenvalue weighted by molar-refractivity contribution is 5.96. The van der Waals surface area contributed by atoms with Gasteiger partial charge in [0.2, 0.25) is 0 Å². The predicted molar refractivity (Wildman–Crippen MR) is 92.0 cm³/mol. The van der Waals surface area contributed by atoms with Crippen molar-refractivity contribution in [1.29, 1.82) is 0 Å². The van der Waals surface area contributed by atoms with Gasteiger partial charge in [0.05, 0.1) is 12.1 Å². The van der Waals surface area contributed by atoms with Gasteiger partial charge in [-0.25, -0.2) is 9.78 Å². The minimum Gasteiger partial charge on any atom is -0.465 e. The van der Waals surface area contributed by atoms with E-state index in [0.717, 1.165) is 11.1 Å². The van der Waals surface area contributed by atoms with Crippen LogP contribution in [0.1, 0.15) is 38.2 Å². The molecule has 6 heteroatoms. The Balaban J connectivity index is 2.22. The van der Waals surface area contributed by atoms with E-state index in [-0.39, 0.29) is 18.2 Å². The minimum absolute atomic E-state index is 0.0702. The Kier molecular flexibility index (Phi) is 5.39. The maximum Gasteiger partial charge on any atom is 0.357 e. The van der Waals surface area contributed by atoms with Gasteiger partial charge < -0.3 is 14.8 Å². The topological polar surface area (TPSA) is 77.5 Å². The van der Waals surface area contributed by atoms with Gasteiger partial charge in [-0.3, -0.25) is 4.79 Å². The summed E-state index contributed by atoms with van der Waals surface area (Å²) in [6, 6.07) is 8.86. The van der Waals surface area contributed by atoms with Crippen molar-refractivity contribution in [2.45, 2.75) is 33.3 Å². The lowest BCUT2D eigenvalue weighted by atomic mass is 10.1. The molecule has 0 fully saturated rings. The van der Waals surface area contributed by atoms with Crippen LogP contribution in [0.2, 0.25) is 0 Å². The standard InChI is InChI=1S/C18H22N2O4/c1-5-23-16(21)11-19-13-7-6-8-14-12(13)9-10-15(20-14)17(22)24-18(2,3)4/h6-10,19H,5,11H2,1-4H3. The average molecular weight is 330 g/mol. The van der Waals surface area contributed by atoms with E-state index in [1.54, 1.807) is 25.1 Å². The monoisotopic (exact) mass is 330 g/mol. The van der Waals surface area contributed by atoms with Gasteiger partial charge in [-0.05, 0) is 52.0 Å². The fourth-order valence-corrected chi connectivity index (χ4v) is 2.13. The largest absolute Gasteiger partial charge is 0.465 e. The smallest absolute Gasteiger partial charge is 0.357 e. The molecule has 0 spiro atoms. The second-order valence-corrected chi connectivity index (χ2v) is 6.23. The number of hydrogen-bond acceptors (Lipinski definition) is 6. The van der Waals surface area contributed by atoms with Gasteiger partial charge >= 0.3 is 11.9 Å². The van der Waals surface area contributed by atoms with Crippen LogP contribution in [0, 0.1) is 0 Å². The number of fused-ring (bicyclic) bond motifs is 1. The molecule has 0 aliphatic heterocycles. The van der Waals surface area contributed by atoms with Crippen molar-refractivity contribution in [2.24, 2.45) is 0 Å². The van der Waals surface area contributed by atoms with Gasteiger partial charge in [0.1, 0.15) is 17.8 Å². The second-order valence-electron chi connectivity index (χ2n) is 6.23. The number of esters is 2. The molecule has 1 aromatic heterocycles. The van der Waals surface area contributed by atoms with Crippen molar-refractivity contribution in [3.63, 3.8) is 0 Å². The summed E-state index contributed by atoms with van der Waals surface area (Å²) >= 11 is 0. The minimum atomic E-state index is -0.573. The lowest BCUT2D eigenvalue weighted by Gasteiger charge is -2.19. The van der Waals surface area contributed by atoms with Gasteiger partial charge in [0.15, 0.2) is 0 Å². The molecule has 6 nitrogen and oxygen atoms in total. The first-order valence-corrected chi connectivity index (χ1v) is 7.83. The van der Waals surface area contributed by atoms with Crippen LogP contribution < -0.4 is 5.32 Å². The molecule has 24 heavy (non-hydrogen) atoms. The van der Waals surface area contributed by atoms with Gasteiger partial charge in [-0.1, -0.05) is 6.07 Å². The fraction of sp³-hybridized carbons (Fsp3) is 0.389. The molecule has 0 bridgehead atoms. The van der Waals surface area contributed by atoms with Crippen LogP contribution in [0.4, 0.5) is 5.69 Å². The Morgan fingerprint density at radius 1 is 1.17 bits per heavy atom. The van der Waals surface area contributed by atoms with Crippen molar-refractivity contribution in [3.05, 3.63) is 36.0 Å². The van der Waals surface area contributed by atoms with Crippen LogP contribution in [-0.2, 0) is 14.3 Å². The summed E-state index contributed by atoms with van der Waals surface area (Å²) in [6.07, 6.45) is 0. The van der Waals surface area contributed by atoms with Crippen LogP contribution in [0.15, 0.2) is 30.3 Å². The third-order valence-electron chi connectivity index (χ3n) is 3.07. The summed E-state index contributed by atoms with van der Waals surface area (Å²) in [5.41, 5.74) is 1.08. The summed E-state index contributed by atoms with van der Waals surface area (Å²) in [5.74, 6) is -0.790. The van der Waals surface area contributed by atoms with Crippen molar-refractivity contribution >= 4 is 28.5 Å². The molecule has 0 saturated carbocycles. The third kappa shape index (κ3) is 4.68. The van der Waals surface area contributed by atoms with E-state index < -0.39 is 11.6 Å². The number of pyridine rings is 1. The zero-order valence-corrected chi connectivity index (χ0v) is 14.4. The quantitative estimate of drug-likeness (QED) is 0.849. The first-order valence-electron chi connectivity index (χ1n) is 7.83. The maximum atomic E-state index is 12.1. The Morgan fingerprint density at radius 3 is 2.58 bits per heavy atom. The van der Waals surface area contributed by atoms with Crippen LogP contribution >= 0.6 is 0 Å². The summed E-state index contributed by atoms with van der Waals surface area (Å²) in [5, 5.41) is 3.84. The number of nitrogens with one attached hydrogen (secondary N) is 1. The van der Waals surface area contributed by atoms with E-state index in [1.807, 2.05) is 32.9 Å². The van der Waals surface area contributed by atoms with E-state index >= 15 is 0 Å². The molecule has 0 amide bonds. The van der Waals surface area contributed by atoms with Crippen LogP contribution in [-0.4, -0.2) is 35.7 Å². The van der Waals surface area contributed by atoms with E-state index in [2.05, 4.69) is 10.3 Å². The second kappa shape index (κ2) is 7.29. The predicted octanol–water partition coefficient (Wildman–Crippen LogP) is 3.17. The highest BCUT2D eigenvalue weighted by atomic mass is 16.6. The molecule has 0 atom stereocenters. The van der Waals surface area contributed by atoms with E-state index in [9.17, 15) is 9.59 Å². The van der Waals surface area contributed by atoms with Crippen molar-refractivity contribution in [3.8, 4) is 0 Å². The average Bonchev–Trinajstić information content (AvgIpc) is 2.51. The van der Waals surface area contributed by atoms with Gasteiger partial charge in [-0.15, -0.1) is 0 Å². The maximum absolute atomic E-state index is 12.1. The van der Waals surface area contributed by atoms with Crippen molar-refractivity contribution < 1.29 is 19.1 Å². The molecule has 0 aliphatic carbocycles. The number of benzene rings is 1. The summed E-state index contributed by atoms with van der Waals surface area (Å²) in [7, 11) is 0. The van der Waals surface area contributed by atoms with E-state index in [4.69, 9.17) is 9.47 Å². The Labute approximate surface area is 141 Å². The Bertz CT molecular complexity index is 750. The number of aromatic nitrogens is 1. The number of hydrogen-bond donors (Lipinski definition) is 1. The number of carbonyl (C=O) groups is 2. The summed E-state index contributed by atoms with van der Waals surface area (Å²) in [6.45, 7) is 7.60. The van der Waals surface area contributed by atoms with Crippen molar-refractivity contribution in [1.82, 2.24) is 4.98 Å². The highest BCUT2D eigenvalue weighted by Crippen LogP contribution is 2.23. The Hall–Kier alpha value is -2.63. The normalized spacial score (nSPS) is 11.2. The van der Waals surface area contributed by atoms with E-state index in [0.29, 0.717) is 12.1 Å². The van der Waals surface area contributed by atoms with E-state index in [1.165, 1.54) is 0 Å². The zero-order chi connectivity index (χ0) is 17.7. The molecular weight excluding hydrogens is 308 g/mol. The van der Waals surface area contributed by atoms with Gasteiger partial charge in [0.25, 0.3) is 0 Å². The van der Waals surface area contributed by atoms with Gasteiger partial charge in [0, 0.05) is 11.1 Å². The van der Waals surface area contributed by atoms with Crippen LogP contribution in [0.5, 0.6) is 0 Å². The molecule has 2 aromatic rings.